The van der Waals surface area contributed by atoms with E-state index in [1.165, 1.54) is 12.5 Å². The van der Waals surface area contributed by atoms with Crippen LogP contribution in [0.5, 0.6) is 0 Å². The number of carbonyl (C=O) groups is 1. The van der Waals surface area contributed by atoms with Crippen molar-refractivity contribution in [2.75, 3.05) is 26.8 Å². The van der Waals surface area contributed by atoms with Crippen molar-refractivity contribution in [2.45, 2.75) is 65.0 Å². The average molecular weight is 334 g/mol. The van der Waals surface area contributed by atoms with Gasteiger partial charge in [-0.25, -0.2) is 0 Å². The minimum absolute atomic E-state index is 0.0686. The van der Waals surface area contributed by atoms with Crippen LogP contribution in [-0.4, -0.2) is 53.9 Å². The largest absolute Gasteiger partial charge is 0.466 e. The molecule has 0 aromatic heterocycles. The van der Waals surface area contributed by atoms with Gasteiger partial charge in [0.05, 0.1) is 6.61 Å². The van der Waals surface area contributed by atoms with Gasteiger partial charge in [-0.05, 0) is 52.0 Å². The molecule has 0 atom stereocenters. The summed E-state index contributed by atoms with van der Waals surface area (Å²) in [5.74, 6) is -0.0686. The fourth-order valence-corrected chi connectivity index (χ4v) is 5.10. The van der Waals surface area contributed by atoms with E-state index in [0.29, 0.717) is 13.0 Å². The van der Waals surface area contributed by atoms with Crippen LogP contribution < -0.4 is 0 Å². The summed E-state index contributed by atoms with van der Waals surface area (Å²) < 4.78 is 13.2. The molecule has 0 aromatic rings. The van der Waals surface area contributed by atoms with Gasteiger partial charge in [-0.2, -0.15) is 0 Å². The van der Waals surface area contributed by atoms with Crippen LogP contribution in [0.3, 0.4) is 0 Å². The molecule has 0 heterocycles. The van der Waals surface area contributed by atoms with Crippen LogP contribution in [0.2, 0.25) is 38.8 Å². The molecule has 21 heavy (non-hydrogen) atoms. The zero-order valence-electron chi connectivity index (χ0n) is 15.1. The molecule has 0 aliphatic rings. The Bertz CT molecular complexity index is 304. The van der Waals surface area contributed by atoms with Crippen molar-refractivity contribution in [2.24, 2.45) is 0 Å². The molecule has 126 valence electrons. The van der Waals surface area contributed by atoms with Gasteiger partial charge >= 0.3 is 5.97 Å². The van der Waals surface area contributed by atoms with Gasteiger partial charge < -0.3 is 13.7 Å². The normalized spacial score (nSPS) is 12.8. The van der Waals surface area contributed by atoms with Crippen LogP contribution in [0.15, 0.2) is 0 Å². The maximum absolute atomic E-state index is 11.4. The highest BCUT2D eigenvalue weighted by Crippen LogP contribution is 2.17. The summed E-state index contributed by atoms with van der Waals surface area (Å²) in [6.07, 6.45) is 2.62. The Hall–Kier alpha value is -0.176. The molecule has 0 radical (unpaired) electrons. The van der Waals surface area contributed by atoms with Crippen LogP contribution >= 0.6 is 0 Å². The van der Waals surface area contributed by atoms with Crippen molar-refractivity contribution in [3.05, 3.63) is 0 Å². The van der Waals surface area contributed by atoms with Crippen molar-refractivity contribution in [3.63, 3.8) is 0 Å². The van der Waals surface area contributed by atoms with Crippen molar-refractivity contribution in [1.29, 1.82) is 0 Å². The van der Waals surface area contributed by atoms with Gasteiger partial charge in [0.1, 0.15) is 8.24 Å². The molecule has 0 unspecified atom stereocenters. The molecule has 4 nitrogen and oxygen atoms in total. The monoisotopic (exact) mass is 333 g/mol. The van der Waals surface area contributed by atoms with Crippen LogP contribution in [-0.2, 0) is 14.0 Å². The summed E-state index contributed by atoms with van der Waals surface area (Å²) in [6, 6.07) is 1.20. The lowest BCUT2D eigenvalue weighted by atomic mass is 10.3. The molecule has 0 bridgehead atoms. The van der Waals surface area contributed by atoms with E-state index in [-0.39, 0.29) is 5.97 Å². The van der Waals surface area contributed by atoms with E-state index in [0.717, 1.165) is 19.5 Å². The lowest BCUT2D eigenvalue weighted by Gasteiger charge is -2.35. The molecule has 0 aromatic carbocycles. The number of nitrogens with zero attached hydrogens (tertiary/aromatic N) is 1. The van der Waals surface area contributed by atoms with E-state index in [4.69, 9.17) is 9.16 Å². The highest BCUT2D eigenvalue weighted by atomic mass is 28.4. The number of carbonyl (C=O) groups excluding carboxylic acids is 1. The van der Waals surface area contributed by atoms with Gasteiger partial charge in [-0.3, -0.25) is 4.79 Å². The highest BCUT2D eigenvalue weighted by molar-refractivity contribution is 6.73. The zero-order chi connectivity index (χ0) is 16.5. The average Bonchev–Trinajstić information content (AvgIpc) is 2.36. The first-order chi connectivity index (χ1) is 9.62. The minimum Gasteiger partial charge on any atom is -0.466 e. The Morgan fingerprint density at radius 3 is 2.10 bits per heavy atom. The van der Waals surface area contributed by atoms with Gasteiger partial charge in [-0.15, -0.1) is 0 Å². The maximum Gasteiger partial charge on any atom is 0.305 e. The lowest BCUT2D eigenvalue weighted by Crippen LogP contribution is -2.47. The Labute approximate surface area is 133 Å². The Morgan fingerprint density at radius 1 is 1.05 bits per heavy atom. The molecule has 0 fully saturated rings. The van der Waals surface area contributed by atoms with E-state index in [2.05, 4.69) is 37.3 Å². The first-order valence-corrected chi connectivity index (χ1v) is 14.6. The molecular weight excluding hydrogens is 298 g/mol. The SMILES string of the molecule is CCOC(=O)CCCN(CCC[Si](C)(C)OC)[Si](C)(C)C. The molecule has 0 saturated carbocycles. The molecule has 0 aliphatic heterocycles. The molecule has 0 rings (SSSR count). The van der Waals surface area contributed by atoms with E-state index < -0.39 is 16.6 Å². The molecule has 0 spiro atoms. The fourth-order valence-electron chi connectivity index (χ4n) is 2.23. The second-order valence-electron chi connectivity index (χ2n) is 7.13. The van der Waals surface area contributed by atoms with Crippen molar-refractivity contribution in [3.8, 4) is 0 Å². The Morgan fingerprint density at radius 2 is 1.62 bits per heavy atom. The predicted molar refractivity (Wildman–Crippen MR) is 94.7 cm³/mol. The highest BCUT2D eigenvalue weighted by Gasteiger charge is 2.25. The van der Waals surface area contributed by atoms with E-state index >= 15 is 0 Å². The van der Waals surface area contributed by atoms with Gasteiger partial charge in [-0.1, -0.05) is 19.6 Å². The maximum atomic E-state index is 11.4. The quantitative estimate of drug-likeness (QED) is 0.427. The first kappa shape index (κ1) is 20.8. The third-order valence-corrected chi connectivity index (χ3v) is 8.83. The molecule has 0 N–H and O–H groups in total. The molecular formula is C15H35NO3Si2. The summed E-state index contributed by atoms with van der Waals surface area (Å²) in [5, 5.41) is 0. The molecule has 0 aliphatic carbocycles. The summed E-state index contributed by atoms with van der Waals surface area (Å²) >= 11 is 0. The van der Waals surface area contributed by atoms with Crippen LogP contribution in [0, 0.1) is 0 Å². The topological polar surface area (TPSA) is 38.8 Å². The summed E-state index contributed by atoms with van der Waals surface area (Å²) in [7, 11) is -0.941. The van der Waals surface area contributed by atoms with Crippen LogP contribution in [0.4, 0.5) is 0 Å². The van der Waals surface area contributed by atoms with E-state index in [1.54, 1.807) is 0 Å². The third-order valence-electron chi connectivity index (χ3n) is 3.82. The minimum atomic E-state index is -1.45. The first-order valence-electron chi connectivity index (χ1n) is 8.08. The summed E-state index contributed by atoms with van der Waals surface area (Å²) in [6.45, 7) is 16.1. The smallest absolute Gasteiger partial charge is 0.305 e. The number of hydrogen-bond acceptors (Lipinski definition) is 4. The lowest BCUT2D eigenvalue weighted by molar-refractivity contribution is -0.143. The van der Waals surface area contributed by atoms with Crippen molar-refractivity contribution >= 4 is 22.5 Å². The van der Waals surface area contributed by atoms with E-state index in [1.807, 2.05) is 14.0 Å². The molecule has 0 saturated heterocycles. The summed E-state index contributed by atoms with van der Waals surface area (Å²) in [5.41, 5.74) is 0. The van der Waals surface area contributed by atoms with Gasteiger partial charge in [0, 0.05) is 13.5 Å². The Balaban J connectivity index is 4.20. The molecule has 0 amide bonds. The second kappa shape index (κ2) is 9.76. The van der Waals surface area contributed by atoms with Crippen LogP contribution in [0.1, 0.15) is 26.2 Å². The number of ether oxygens (including phenoxy) is 1. The van der Waals surface area contributed by atoms with Gasteiger partial charge in [0.2, 0.25) is 0 Å². The van der Waals surface area contributed by atoms with Crippen molar-refractivity contribution < 1.29 is 14.0 Å². The third kappa shape index (κ3) is 10.2. The number of hydrogen-bond donors (Lipinski definition) is 0. The summed E-state index contributed by atoms with van der Waals surface area (Å²) in [4.78, 5) is 11.4. The zero-order valence-corrected chi connectivity index (χ0v) is 17.1. The van der Waals surface area contributed by atoms with Gasteiger partial charge in [0.15, 0.2) is 8.32 Å². The standard InChI is InChI=1S/C15H35NO3Si2/c1-8-19-15(17)11-9-12-16(20(3,4)5)13-10-14-21(6,7)18-2/h8-14H2,1-7H3. The number of rotatable bonds is 11. The van der Waals surface area contributed by atoms with Gasteiger partial charge in [0.25, 0.3) is 0 Å². The second-order valence-corrected chi connectivity index (χ2v) is 16.5. The fraction of sp³-hybridized carbons (Fsp3) is 0.933. The van der Waals surface area contributed by atoms with Crippen LogP contribution in [0.25, 0.3) is 0 Å². The van der Waals surface area contributed by atoms with Crippen molar-refractivity contribution in [1.82, 2.24) is 4.57 Å². The predicted octanol–water partition coefficient (Wildman–Crippen LogP) is 3.71. The molecule has 6 heteroatoms. The van der Waals surface area contributed by atoms with E-state index in [9.17, 15) is 4.79 Å². The Kier molecular flexibility index (Phi) is 9.68. The number of esters is 1.